The highest BCUT2D eigenvalue weighted by Gasteiger charge is 2.36. The molecule has 9 heteroatoms. The van der Waals surface area contributed by atoms with Crippen LogP contribution in [0.3, 0.4) is 0 Å². The molecule has 2 rings (SSSR count). The molecule has 27 heavy (non-hydrogen) atoms. The van der Waals surface area contributed by atoms with Crippen LogP contribution in [0.5, 0.6) is 0 Å². The molecule has 0 radical (unpaired) electrons. The van der Waals surface area contributed by atoms with Crippen LogP contribution in [-0.2, 0) is 6.42 Å². The fourth-order valence-corrected chi connectivity index (χ4v) is 2.73. The first kappa shape index (κ1) is 21.5. The van der Waals surface area contributed by atoms with Crippen molar-refractivity contribution in [3.8, 4) is 0 Å². The Hall–Kier alpha value is -1.77. The first-order chi connectivity index (χ1) is 12.6. The highest BCUT2D eigenvalue weighted by molar-refractivity contribution is 5.63. The van der Waals surface area contributed by atoms with E-state index in [-0.39, 0.29) is 17.3 Å². The van der Waals surface area contributed by atoms with Crippen LogP contribution >= 0.6 is 0 Å². The second-order valence-corrected chi connectivity index (χ2v) is 7.33. The molecule has 0 aromatic carbocycles. The summed E-state index contributed by atoms with van der Waals surface area (Å²) in [7, 11) is 0. The minimum atomic E-state index is -4.46. The lowest BCUT2D eigenvalue weighted by atomic mass is 10.1. The molecule has 152 valence electrons. The third-order valence-electron chi connectivity index (χ3n) is 4.47. The van der Waals surface area contributed by atoms with Gasteiger partial charge in [0, 0.05) is 12.0 Å². The zero-order valence-electron chi connectivity index (χ0n) is 15.8. The standard InChI is InChI=1S/C18H26F4N4O/c1-10(2)8-9-14-24-16(12-6-4-5-7-13(27)15(12)19)26-17(25-14)23-11(3)18(20,21)22/h10-11,13,27H,4-9H2,1-3H3,(H,23,24,25,26)/t11-,13-/m1/s1. The zero-order valence-corrected chi connectivity index (χ0v) is 15.8. The zero-order chi connectivity index (χ0) is 20.2. The molecule has 0 saturated carbocycles. The van der Waals surface area contributed by atoms with Gasteiger partial charge in [0.2, 0.25) is 5.95 Å². The molecule has 2 N–H and O–H groups in total. The van der Waals surface area contributed by atoms with Crippen molar-refractivity contribution in [3.63, 3.8) is 0 Å². The first-order valence-electron chi connectivity index (χ1n) is 9.23. The van der Waals surface area contributed by atoms with E-state index in [9.17, 15) is 22.7 Å². The van der Waals surface area contributed by atoms with Gasteiger partial charge in [0.15, 0.2) is 5.82 Å². The highest BCUT2D eigenvalue weighted by Crippen LogP contribution is 2.31. The Morgan fingerprint density at radius 1 is 1.15 bits per heavy atom. The Labute approximate surface area is 156 Å². The minimum Gasteiger partial charge on any atom is -0.386 e. The van der Waals surface area contributed by atoms with Crippen molar-refractivity contribution < 1.29 is 22.7 Å². The van der Waals surface area contributed by atoms with E-state index in [0.717, 1.165) is 13.3 Å². The number of hydrogen-bond donors (Lipinski definition) is 2. The molecule has 0 fully saturated rings. The smallest absolute Gasteiger partial charge is 0.386 e. The van der Waals surface area contributed by atoms with E-state index in [1.807, 2.05) is 13.8 Å². The molecule has 2 atom stereocenters. The van der Waals surface area contributed by atoms with Gasteiger partial charge in [-0.05, 0) is 38.5 Å². The molecule has 0 aliphatic heterocycles. The molecule has 0 bridgehead atoms. The maximum absolute atomic E-state index is 14.5. The number of aliphatic hydroxyl groups excluding tert-OH is 1. The van der Waals surface area contributed by atoms with Gasteiger partial charge in [-0.1, -0.05) is 20.3 Å². The van der Waals surface area contributed by atoms with Crippen LogP contribution in [0.2, 0.25) is 0 Å². The van der Waals surface area contributed by atoms with Crippen molar-refractivity contribution in [2.45, 2.75) is 77.6 Å². The monoisotopic (exact) mass is 390 g/mol. The van der Waals surface area contributed by atoms with Gasteiger partial charge in [0.05, 0.1) is 0 Å². The summed E-state index contributed by atoms with van der Waals surface area (Å²) in [6, 6.07) is -1.86. The number of nitrogens with zero attached hydrogens (tertiary/aromatic N) is 3. The van der Waals surface area contributed by atoms with E-state index in [2.05, 4.69) is 20.3 Å². The fourth-order valence-electron chi connectivity index (χ4n) is 2.73. The van der Waals surface area contributed by atoms with Crippen molar-refractivity contribution in [2.75, 3.05) is 5.32 Å². The van der Waals surface area contributed by atoms with E-state index >= 15 is 0 Å². The summed E-state index contributed by atoms with van der Waals surface area (Å²) in [6.07, 6.45) is -2.59. The second-order valence-electron chi connectivity index (χ2n) is 7.33. The van der Waals surface area contributed by atoms with Crippen molar-refractivity contribution >= 4 is 11.5 Å². The van der Waals surface area contributed by atoms with Crippen molar-refractivity contribution in [1.29, 1.82) is 0 Å². The quantitative estimate of drug-likeness (QED) is 0.703. The minimum absolute atomic E-state index is 0.000851. The van der Waals surface area contributed by atoms with Gasteiger partial charge in [-0.2, -0.15) is 23.1 Å². The number of aliphatic hydroxyl groups is 1. The molecule has 0 unspecified atom stereocenters. The highest BCUT2D eigenvalue weighted by atomic mass is 19.4. The summed E-state index contributed by atoms with van der Waals surface area (Å²) < 4.78 is 53.2. The first-order valence-corrected chi connectivity index (χ1v) is 9.23. The van der Waals surface area contributed by atoms with Crippen LogP contribution in [-0.4, -0.2) is 38.4 Å². The topological polar surface area (TPSA) is 70.9 Å². The van der Waals surface area contributed by atoms with Gasteiger partial charge in [0.25, 0.3) is 0 Å². The number of rotatable bonds is 6. The summed E-state index contributed by atoms with van der Waals surface area (Å²) in [6.45, 7) is 4.99. The summed E-state index contributed by atoms with van der Waals surface area (Å²) in [5.41, 5.74) is 0.149. The Bertz CT molecular complexity index is 676. The number of nitrogens with one attached hydrogen (secondary N) is 1. The molecule has 1 aromatic heterocycles. The molecule has 0 saturated heterocycles. The Morgan fingerprint density at radius 3 is 2.48 bits per heavy atom. The van der Waals surface area contributed by atoms with E-state index in [1.165, 1.54) is 0 Å². The van der Waals surface area contributed by atoms with Crippen LogP contribution < -0.4 is 5.32 Å². The van der Waals surface area contributed by atoms with Crippen molar-refractivity contribution in [3.05, 3.63) is 17.5 Å². The predicted molar refractivity (Wildman–Crippen MR) is 94.6 cm³/mol. The number of hydrogen-bond acceptors (Lipinski definition) is 5. The molecule has 1 aliphatic rings. The van der Waals surface area contributed by atoms with Gasteiger partial charge in [-0.15, -0.1) is 0 Å². The molecular formula is C18H26F4N4O. The van der Waals surface area contributed by atoms with Gasteiger partial charge < -0.3 is 10.4 Å². The third kappa shape index (κ3) is 6.12. The fraction of sp³-hybridized carbons (Fsp3) is 0.722. The van der Waals surface area contributed by atoms with Gasteiger partial charge in [-0.25, -0.2) is 9.37 Å². The lowest BCUT2D eigenvalue weighted by Crippen LogP contribution is -2.34. The lowest BCUT2D eigenvalue weighted by molar-refractivity contribution is -0.138. The van der Waals surface area contributed by atoms with E-state index in [4.69, 9.17) is 0 Å². The largest absolute Gasteiger partial charge is 0.408 e. The van der Waals surface area contributed by atoms with Crippen molar-refractivity contribution in [1.82, 2.24) is 15.0 Å². The number of aromatic nitrogens is 3. The maximum atomic E-state index is 14.5. The molecule has 0 amide bonds. The maximum Gasteiger partial charge on any atom is 0.408 e. The summed E-state index contributed by atoms with van der Waals surface area (Å²) in [5, 5.41) is 12.1. The van der Waals surface area contributed by atoms with Gasteiger partial charge in [0.1, 0.15) is 23.8 Å². The number of aryl methyl sites for hydroxylation is 1. The lowest BCUT2D eigenvalue weighted by Gasteiger charge is -2.18. The summed E-state index contributed by atoms with van der Waals surface area (Å²) in [4.78, 5) is 12.4. The number of halogens is 4. The van der Waals surface area contributed by atoms with Gasteiger partial charge in [-0.3, -0.25) is 0 Å². The van der Waals surface area contributed by atoms with E-state index in [0.29, 0.717) is 43.8 Å². The number of anilines is 1. The molecule has 5 nitrogen and oxygen atoms in total. The Kier molecular flexibility index (Phi) is 7.13. The van der Waals surface area contributed by atoms with Crippen LogP contribution in [0.15, 0.2) is 5.83 Å². The molecule has 1 aromatic rings. The molecule has 0 spiro atoms. The van der Waals surface area contributed by atoms with E-state index in [1.54, 1.807) is 0 Å². The normalized spacial score (nSPS) is 20.0. The van der Waals surface area contributed by atoms with Gasteiger partial charge >= 0.3 is 6.18 Å². The second kappa shape index (κ2) is 8.95. The molecule has 1 heterocycles. The third-order valence-corrected chi connectivity index (χ3v) is 4.47. The predicted octanol–water partition coefficient (Wildman–Crippen LogP) is 4.44. The number of allylic oxidation sites excluding steroid dienone is 1. The van der Waals surface area contributed by atoms with Crippen LogP contribution in [0.1, 0.15) is 64.5 Å². The average molecular weight is 390 g/mol. The number of alkyl halides is 3. The molecular weight excluding hydrogens is 364 g/mol. The van der Waals surface area contributed by atoms with Crippen molar-refractivity contribution in [2.24, 2.45) is 5.92 Å². The van der Waals surface area contributed by atoms with Crippen LogP contribution in [0.25, 0.3) is 5.57 Å². The average Bonchev–Trinajstić information content (AvgIpc) is 2.74. The van der Waals surface area contributed by atoms with Crippen LogP contribution in [0, 0.1) is 5.92 Å². The van der Waals surface area contributed by atoms with Crippen LogP contribution in [0.4, 0.5) is 23.5 Å². The SMILES string of the molecule is CC(C)CCc1nc(N[C@H](C)C(F)(F)F)nc(C2=C(F)[C@H](O)CCCC2)n1. The Morgan fingerprint density at radius 2 is 1.85 bits per heavy atom. The van der Waals surface area contributed by atoms with E-state index < -0.39 is 24.1 Å². The Balaban J connectivity index is 2.41. The molecule has 1 aliphatic carbocycles. The summed E-state index contributed by atoms with van der Waals surface area (Å²) in [5.74, 6) is -0.277. The summed E-state index contributed by atoms with van der Waals surface area (Å²) >= 11 is 0.